The molecule has 1 aromatic carbocycles. The van der Waals surface area contributed by atoms with Crippen LogP contribution >= 0.6 is 17.0 Å². The second kappa shape index (κ2) is 6.28. The first-order valence-electron chi connectivity index (χ1n) is 6.41. The monoisotopic (exact) mass is 328 g/mol. The fourth-order valence-electron chi connectivity index (χ4n) is 2.20. The summed E-state index contributed by atoms with van der Waals surface area (Å²) in [5, 5.41) is 15.8. The largest absolute Gasteiger partial charge is 0.506 e. The van der Waals surface area contributed by atoms with Crippen molar-refractivity contribution in [2.45, 2.75) is 33.1 Å². The van der Waals surface area contributed by atoms with Crippen molar-refractivity contribution in [3.05, 3.63) is 17.7 Å². The Morgan fingerprint density at radius 2 is 2.11 bits per heavy atom. The summed E-state index contributed by atoms with van der Waals surface area (Å²) in [5.41, 5.74) is 2.38. The van der Waals surface area contributed by atoms with Crippen LogP contribution in [-0.2, 0) is 4.79 Å². The summed E-state index contributed by atoms with van der Waals surface area (Å²) in [6.45, 7) is 7.08. The average molecular weight is 329 g/mol. The number of carbonyl (C=O) groups is 1. The van der Waals surface area contributed by atoms with Crippen molar-refractivity contribution < 1.29 is 9.90 Å². The van der Waals surface area contributed by atoms with Crippen molar-refractivity contribution in [1.29, 1.82) is 0 Å². The Labute approximate surface area is 124 Å². The summed E-state index contributed by atoms with van der Waals surface area (Å²) in [4.78, 5) is 11.7. The van der Waals surface area contributed by atoms with Crippen LogP contribution in [0.2, 0.25) is 0 Å². The molecule has 0 aromatic heterocycles. The number of rotatable bonds is 4. The number of benzene rings is 1. The molecule has 1 aromatic rings. The molecule has 0 saturated carbocycles. The number of aromatic hydroxyl groups is 1. The van der Waals surface area contributed by atoms with Gasteiger partial charge in [-0.15, -0.1) is 17.0 Å². The highest BCUT2D eigenvalue weighted by molar-refractivity contribution is 8.93. The van der Waals surface area contributed by atoms with Gasteiger partial charge in [0.25, 0.3) is 0 Å². The third kappa shape index (κ3) is 3.21. The summed E-state index contributed by atoms with van der Waals surface area (Å²) in [6, 6.07) is 3.46. The maximum atomic E-state index is 11.7. The van der Waals surface area contributed by atoms with E-state index in [-0.39, 0.29) is 34.6 Å². The lowest BCUT2D eigenvalue weighted by atomic mass is 10.00. The van der Waals surface area contributed by atoms with Gasteiger partial charge in [0.2, 0.25) is 5.91 Å². The van der Waals surface area contributed by atoms with Gasteiger partial charge in [-0.3, -0.25) is 4.79 Å². The molecule has 0 radical (unpaired) electrons. The Balaban J connectivity index is 0.00000180. The third-order valence-corrected chi connectivity index (χ3v) is 3.34. The molecule has 0 fully saturated rings. The SMILES string of the molecule is Br.CC(C)CCNc1ccc(O)c2c1C(C)C(=O)N2. The number of hydrogen-bond acceptors (Lipinski definition) is 3. The van der Waals surface area contributed by atoms with E-state index in [9.17, 15) is 9.90 Å². The Morgan fingerprint density at radius 1 is 1.42 bits per heavy atom. The number of nitrogens with one attached hydrogen (secondary N) is 2. The first-order chi connectivity index (χ1) is 8.50. The van der Waals surface area contributed by atoms with E-state index >= 15 is 0 Å². The molecule has 106 valence electrons. The quantitative estimate of drug-likeness (QED) is 0.585. The van der Waals surface area contributed by atoms with Crippen LogP contribution in [0.1, 0.15) is 38.7 Å². The summed E-state index contributed by atoms with van der Waals surface area (Å²) < 4.78 is 0. The molecule has 2 rings (SSSR count). The highest BCUT2D eigenvalue weighted by Crippen LogP contribution is 2.43. The van der Waals surface area contributed by atoms with Gasteiger partial charge in [-0.1, -0.05) is 13.8 Å². The molecular formula is C14H21BrN2O2. The molecule has 1 atom stereocenters. The number of phenolic OH excluding ortho intramolecular Hbond substituents is 1. The minimum absolute atomic E-state index is 0. The highest BCUT2D eigenvalue weighted by atomic mass is 79.9. The van der Waals surface area contributed by atoms with Crippen LogP contribution in [0.15, 0.2) is 12.1 Å². The van der Waals surface area contributed by atoms with Crippen LogP contribution in [0.25, 0.3) is 0 Å². The predicted molar refractivity (Wildman–Crippen MR) is 83.4 cm³/mol. The zero-order valence-corrected chi connectivity index (χ0v) is 13.2. The zero-order valence-electron chi connectivity index (χ0n) is 11.5. The highest BCUT2D eigenvalue weighted by Gasteiger charge is 2.31. The fraction of sp³-hybridized carbons (Fsp3) is 0.500. The maximum absolute atomic E-state index is 11.7. The van der Waals surface area contributed by atoms with Gasteiger partial charge in [-0.25, -0.2) is 0 Å². The number of amides is 1. The molecule has 0 aliphatic carbocycles. The van der Waals surface area contributed by atoms with Gasteiger partial charge in [0.05, 0.1) is 11.6 Å². The van der Waals surface area contributed by atoms with Crippen LogP contribution in [0.5, 0.6) is 5.75 Å². The van der Waals surface area contributed by atoms with E-state index in [0.29, 0.717) is 11.6 Å². The predicted octanol–water partition coefficient (Wildman–Crippen LogP) is 3.48. The number of anilines is 2. The van der Waals surface area contributed by atoms with Crippen molar-refractivity contribution in [2.24, 2.45) is 5.92 Å². The smallest absolute Gasteiger partial charge is 0.231 e. The van der Waals surface area contributed by atoms with Crippen LogP contribution in [-0.4, -0.2) is 17.6 Å². The number of hydrogen-bond donors (Lipinski definition) is 3. The summed E-state index contributed by atoms with van der Waals surface area (Å²) in [6.07, 6.45) is 1.07. The Bertz CT molecular complexity index is 475. The fourth-order valence-corrected chi connectivity index (χ4v) is 2.20. The van der Waals surface area contributed by atoms with Gasteiger partial charge >= 0.3 is 0 Å². The number of halogens is 1. The van der Waals surface area contributed by atoms with Gasteiger partial charge in [-0.05, 0) is 31.4 Å². The second-order valence-electron chi connectivity index (χ2n) is 5.24. The zero-order chi connectivity index (χ0) is 13.3. The van der Waals surface area contributed by atoms with Gasteiger partial charge in [0, 0.05) is 17.8 Å². The van der Waals surface area contributed by atoms with Crippen LogP contribution in [0, 0.1) is 5.92 Å². The molecule has 0 spiro atoms. The summed E-state index contributed by atoms with van der Waals surface area (Å²) >= 11 is 0. The van der Waals surface area contributed by atoms with E-state index in [1.165, 1.54) is 0 Å². The lowest BCUT2D eigenvalue weighted by molar-refractivity contribution is -0.116. The van der Waals surface area contributed by atoms with Gasteiger partial charge < -0.3 is 15.7 Å². The number of carbonyl (C=O) groups excluding carboxylic acids is 1. The average Bonchev–Trinajstić information content (AvgIpc) is 2.60. The minimum Gasteiger partial charge on any atom is -0.506 e. The van der Waals surface area contributed by atoms with Gasteiger partial charge in [0.15, 0.2) is 0 Å². The molecule has 19 heavy (non-hydrogen) atoms. The maximum Gasteiger partial charge on any atom is 0.231 e. The normalized spacial score (nSPS) is 16.8. The number of phenols is 1. The molecular weight excluding hydrogens is 308 g/mol. The van der Waals surface area contributed by atoms with Crippen molar-refractivity contribution in [2.75, 3.05) is 17.2 Å². The van der Waals surface area contributed by atoms with Crippen LogP contribution in [0.3, 0.4) is 0 Å². The van der Waals surface area contributed by atoms with E-state index in [1.807, 2.05) is 13.0 Å². The van der Waals surface area contributed by atoms with E-state index in [2.05, 4.69) is 24.5 Å². The van der Waals surface area contributed by atoms with Crippen molar-refractivity contribution in [1.82, 2.24) is 0 Å². The third-order valence-electron chi connectivity index (χ3n) is 3.34. The van der Waals surface area contributed by atoms with E-state index in [1.54, 1.807) is 6.07 Å². The molecule has 3 N–H and O–H groups in total. The molecule has 1 aliphatic rings. The first kappa shape index (κ1) is 15.8. The first-order valence-corrected chi connectivity index (χ1v) is 6.41. The molecule has 4 nitrogen and oxygen atoms in total. The summed E-state index contributed by atoms with van der Waals surface area (Å²) in [7, 11) is 0. The number of fused-ring (bicyclic) bond motifs is 1. The molecule has 1 amide bonds. The lowest BCUT2D eigenvalue weighted by Crippen LogP contribution is -2.10. The molecule has 1 heterocycles. The molecule has 0 bridgehead atoms. The molecule has 0 saturated heterocycles. The minimum atomic E-state index is -0.214. The van der Waals surface area contributed by atoms with Gasteiger partial charge in [-0.2, -0.15) is 0 Å². The molecule has 5 heteroatoms. The Morgan fingerprint density at radius 3 is 2.74 bits per heavy atom. The van der Waals surface area contributed by atoms with Crippen molar-refractivity contribution in [3.8, 4) is 5.75 Å². The van der Waals surface area contributed by atoms with E-state index in [0.717, 1.165) is 24.2 Å². The van der Waals surface area contributed by atoms with E-state index < -0.39 is 0 Å². The van der Waals surface area contributed by atoms with Crippen LogP contribution in [0.4, 0.5) is 11.4 Å². The molecule has 1 unspecified atom stereocenters. The van der Waals surface area contributed by atoms with Crippen molar-refractivity contribution >= 4 is 34.3 Å². The van der Waals surface area contributed by atoms with Crippen molar-refractivity contribution in [3.63, 3.8) is 0 Å². The lowest BCUT2D eigenvalue weighted by Gasteiger charge is -2.14. The summed E-state index contributed by atoms with van der Waals surface area (Å²) in [5.74, 6) is 0.504. The van der Waals surface area contributed by atoms with Gasteiger partial charge in [0.1, 0.15) is 5.75 Å². The second-order valence-corrected chi connectivity index (χ2v) is 5.24. The Kier molecular flexibility index (Phi) is 5.23. The topological polar surface area (TPSA) is 61.4 Å². The Hall–Kier alpha value is -1.23. The standard InChI is InChI=1S/C14H20N2O2.BrH/c1-8(2)6-7-15-10-4-5-11(17)13-12(10)9(3)14(18)16-13;/h4-5,8-9,15,17H,6-7H2,1-3H3,(H,16,18);1H. The van der Waals surface area contributed by atoms with Crippen LogP contribution < -0.4 is 10.6 Å². The molecule has 1 aliphatic heterocycles. The van der Waals surface area contributed by atoms with E-state index in [4.69, 9.17) is 0 Å².